The number of nitrogen functional groups attached to an aromatic ring is 1. The minimum absolute atomic E-state index is 0.292. The summed E-state index contributed by atoms with van der Waals surface area (Å²) in [5.41, 5.74) is 7.43. The van der Waals surface area contributed by atoms with Crippen LogP contribution in [-0.2, 0) is 10.8 Å². The second-order valence-corrected chi connectivity index (χ2v) is 8.06. The van der Waals surface area contributed by atoms with E-state index in [9.17, 15) is 4.21 Å². The SMILES string of the molecule is Nc1ccc2nc(S(=O)C3CCCCCC3)sc2c1. The van der Waals surface area contributed by atoms with E-state index in [0.717, 1.165) is 33.1 Å². The number of rotatable bonds is 2. The van der Waals surface area contributed by atoms with Crippen LogP contribution in [0.15, 0.2) is 22.5 Å². The van der Waals surface area contributed by atoms with E-state index in [0.29, 0.717) is 5.25 Å². The number of hydrogen-bond donors (Lipinski definition) is 1. The Morgan fingerprint density at radius 1 is 1.21 bits per heavy atom. The minimum Gasteiger partial charge on any atom is -0.399 e. The van der Waals surface area contributed by atoms with E-state index in [1.165, 1.54) is 37.0 Å². The molecule has 19 heavy (non-hydrogen) atoms. The lowest BCUT2D eigenvalue weighted by Crippen LogP contribution is -2.13. The molecule has 0 aliphatic heterocycles. The quantitative estimate of drug-likeness (QED) is 0.678. The molecule has 1 unspecified atom stereocenters. The maximum atomic E-state index is 12.6. The van der Waals surface area contributed by atoms with Crippen LogP contribution in [0.1, 0.15) is 38.5 Å². The standard InChI is InChI=1S/C14H18N2OS2/c15-10-7-8-12-13(9-10)18-14(16-12)19(17)11-5-3-1-2-4-6-11/h7-9,11H,1-6,15H2. The Balaban J connectivity index is 1.88. The molecule has 1 atom stereocenters. The van der Waals surface area contributed by atoms with Crippen molar-refractivity contribution in [2.75, 3.05) is 5.73 Å². The molecule has 102 valence electrons. The summed E-state index contributed by atoms with van der Waals surface area (Å²) in [7, 11) is -0.954. The molecule has 1 aromatic heterocycles. The van der Waals surface area contributed by atoms with Gasteiger partial charge in [0.1, 0.15) is 0 Å². The fourth-order valence-corrected chi connectivity index (χ4v) is 5.59. The average molecular weight is 294 g/mol. The van der Waals surface area contributed by atoms with Gasteiger partial charge >= 0.3 is 0 Å². The monoisotopic (exact) mass is 294 g/mol. The zero-order chi connectivity index (χ0) is 13.2. The summed E-state index contributed by atoms with van der Waals surface area (Å²) in [5.74, 6) is 0. The number of hydrogen-bond acceptors (Lipinski definition) is 4. The Morgan fingerprint density at radius 3 is 2.68 bits per heavy atom. The van der Waals surface area contributed by atoms with Gasteiger partial charge in [0.25, 0.3) is 0 Å². The predicted molar refractivity (Wildman–Crippen MR) is 81.9 cm³/mol. The van der Waals surface area contributed by atoms with Gasteiger partial charge in [-0.1, -0.05) is 25.7 Å². The van der Waals surface area contributed by atoms with Crippen LogP contribution < -0.4 is 5.73 Å². The summed E-state index contributed by atoms with van der Waals surface area (Å²) in [6, 6.07) is 5.68. The van der Waals surface area contributed by atoms with Crippen molar-refractivity contribution in [3.8, 4) is 0 Å². The van der Waals surface area contributed by atoms with Crippen molar-refractivity contribution < 1.29 is 4.21 Å². The van der Waals surface area contributed by atoms with Gasteiger partial charge in [0.15, 0.2) is 4.34 Å². The van der Waals surface area contributed by atoms with Gasteiger partial charge in [-0.2, -0.15) is 0 Å². The second kappa shape index (κ2) is 5.59. The highest BCUT2D eigenvalue weighted by molar-refractivity contribution is 7.88. The highest BCUT2D eigenvalue weighted by Crippen LogP contribution is 2.30. The lowest BCUT2D eigenvalue weighted by molar-refractivity contribution is 0.642. The third kappa shape index (κ3) is 2.82. The number of thiazole rings is 1. The number of nitrogens with zero attached hydrogens (tertiary/aromatic N) is 1. The zero-order valence-electron chi connectivity index (χ0n) is 10.8. The minimum atomic E-state index is -0.954. The normalized spacial score (nSPS) is 19.4. The first-order chi connectivity index (χ1) is 9.24. The Morgan fingerprint density at radius 2 is 1.95 bits per heavy atom. The smallest absolute Gasteiger partial charge is 0.182 e. The summed E-state index contributed by atoms with van der Waals surface area (Å²) in [4.78, 5) is 4.52. The van der Waals surface area contributed by atoms with Gasteiger partial charge in [0.2, 0.25) is 0 Å². The molecule has 0 radical (unpaired) electrons. The number of aromatic nitrogens is 1. The maximum absolute atomic E-state index is 12.6. The van der Waals surface area contributed by atoms with Crippen LogP contribution in [0.3, 0.4) is 0 Å². The Labute approximate surface area is 119 Å². The lowest BCUT2D eigenvalue weighted by Gasteiger charge is -2.10. The summed E-state index contributed by atoms with van der Waals surface area (Å²) in [6.45, 7) is 0. The molecule has 1 saturated carbocycles. The third-order valence-corrected chi connectivity index (χ3v) is 6.74. The van der Waals surface area contributed by atoms with E-state index in [4.69, 9.17) is 5.73 Å². The maximum Gasteiger partial charge on any atom is 0.182 e. The van der Waals surface area contributed by atoms with Gasteiger partial charge in [-0.3, -0.25) is 4.21 Å². The molecule has 2 N–H and O–H groups in total. The predicted octanol–water partition coefficient (Wildman–Crippen LogP) is 3.71. The Kier molecular flexibility index (Phi) is 3.84. The number of fused-ring (bicyclic) bond motifs is 1. The van der Waals surface area contributed by atoms with Gasteiger partial charge in [0.05, 0.1) is 21.0 Å². The number of nitrogens with two attached hydrogens (primary N) is 1. The molecule has 1 fully saturated rings. The van der Waals surface area contributed by atoms with Crippen molar-refractivity contribution in [1.82, 2.24) is 4.98 Å². The first-order valence-electron chi connectivity index (χ1n) is 6.81. The molecule has 0 bridgehead atoms. The van der Waals surface area contributed by atoms with E-state index in [1.54, 1.807) is 0 Å². The molecule has 1 heterocycles. The highest BCUT2D eigenvalue weighted by atomic mass is 32.2. The third-order valence-electron chi connectivity index (χ3n) is 3.67. The van der Waals surface area contributed by atoms with Gasteiger partial charge in [0, 0.05) is 10.9 Å². The average Bonchev–Trinajstić information content (AvgIpc) is 2.64. The van der Waals surface area contributed by atoms with Crippen molar-refractivity contribution in [2.45, 2.75) is 48.1 Å². The fraction of sp³-hybridized carbons (Fsp3) is 0.500. The first kappa shape index (κ1) is 13.1. The van der Waals surface area contributed by atoms with Crippen molar-refractivity contribution in [3.05, 3.63) is 18.2 Å². The first-order valence-corrected chi connectivity index (χ1v) is 8.83. The van der Waals surface area contributed by atoms with Gasteiger partial charge in [-0.25, -0.2) is 4.98 Å². The van der Waals surface area contributed by atoms with E-state index >= 15 is 0 Å². The molecule has 3 rings (SSSR count). The van der Waals surface area contributed by atoms with Crippen LogP contribution >= 0.6 is 11.3 Å². The second-order valence-electron chi connectivity index (χ2n) is 5.12. The van der Waals surface area contributed by atoms with Crippen molar-refractivity contribution in [2.24, 2.45) is 0 Å². The van der Waals surface area contributed by atoms with Gasteiger partial charge in [-0.15, -0.1) is 11.3 Å². The topological polar surface area (TPSA) is 56.0 Å². The molecule has 0 spiro atoms. The van der Waals surface area contributed by atoms with Crippen molar-refractivity contribution in [1.29, 1.82) is 0 Å². The van der Waals surface area contributed by atoms with Gasteiger partial charge < -0.3 is 5.73 Å². The summed E-state index contributed by atoms with van der Waals surface area (Å²) >= 11 is 1.53. The summed E-state index contributed by atoms with van der Waals surface area (Å²) in [5, 5.41) is 0.292. The van der Waals surface area contributed by atoms with Crippen molar-refractivity contribution in [3.63, 3.8) is 0 Å². The number of benzene rings is 1. The lowest BCUT2D eigenvalue weighted by atomic mass is 10.2. The molecule has 1 aliphatic rings. The van der Waals surface area contributed by atoms with E-state index in [2.05, 4.69) is 4.98 Å². The molecule has 0 amide bonds. The molecule has 1 aliphatic carbocycles. The molecular weight excluding hydrogens is 276 g/mol. The largest absolute Gasteiger partial charge is 0.399 e. The zero-order valence-corrected chi connectivity index (χ0v) is 12.4. The van der Waals surface area contributed by atoms with E-state index in [-0.39, 0.29) is 0 Å². The Hall–Kier alpha value is -0.940. The van der Waals surface area contributed by atoms with Crippen molar-refractivity contribution >= 4 is 38.0 Å². The summed E-state index contributed by atoms with van der Waals surface area (Å²) in [6.07, 6.45) is 7.12. The number of anilines is 1. The van der Waals surface area contributed by atoms with Gasteiger partial charge in [-0.05, 0) is 31.0 Å². The van der Waals surface area contributed by atoms with Crippen LogP contribution in [0.2, 0.25) is 0 Å². The van der Waals surface area contributed by atoms with Crippen LogP contribution in [-0.4, -0.2) is 14.4 Å². The highest BCUT2D eigenvalue weighted by Gasteiger charge is 2.22. The fourth-order valence-electron chi connectivity index (χ4n) is 2.60. The molecular formula is C14H18N2OS2. The van der Waals surface area contributed by atoms with Crippen LogP contribution in [0.25, 0.3) is 10.2 Å². The van der Waals surface area contributed by atoms with E-state index < -0.39 is 10.8 Å². The van der Waals surface area contributed by atoms with Crippen LogP contribution in [0, 0.1) is 0 Å². The van der Waals surface area contributed by atoms with E-state index in [1.807, 2.05) is 18.2 Å². The Bertz CT molecular complexity index is 601. The molecule has 2 aromatic rings. The molecule has 0 saturated heterocycles. The van der Waals surface area contributed by atoms with Crippen LogP contribution in [0.4, 0.5) is 5.69 Å². The molecule has 3 nitrogen and oxygen atoms in total. The summed E-state index contributed by atoms with van der Waals surface area (Å²) < 4.78 is 14.4. The molecule has 1 aromatic carbocycles. The molecule has 5 heteroatoms. The van der Waals surface area contributed by atoms with Crippen LogP contribution in [0.5, 0.6) is 0 Å².